The average molecular weight is 358 g/mol. The number of methoxy groups -OCH3 is 1. The molecule has 144 valence electrons. The van der Waals surface area contributed by atoms with Crippen molar-refractivity contribution in [2.24, 2.45) is 0 Å². The van der Waals surface area contributed by atoms with Gasteiger partial charge in [0.25, 0.3) is 0 Å². The molecule has 0 aromatic heterocycles. The number of carbonyl (C=O) groups excluding carboxylic acids is 2. The molecule has 2 unspecified atom stereocenters. The van der Waals surface area contributed by atoms with E-state index in [1.54, 1.807) is 25.7 Å². The monoisotopic (exact) mass is 358 g/mol. The van der Waals surface area contributed by atoms with Crippen LogP contribution in [0.15, 0.2) is 0 Å². The molecule has 8 nitrogen and oxygen atoms in total. The molecular formula is C17H30N2O6. The smallest absolute Gasteiger partial charge is 0.408 e. The molecule has 0 aliphatic carbocycles. The van der Waals surface area contributed by atoms with Crippen LogP contribution in [0.25, 0.3) is 0 Å². The molecule has 2 aliphatic heterocycles. The van der Waals surface area contributed by atoms with Gasteiger partial charge in [-0.1, -0.05) is 0 Å². The number of nitrogens with zero attached hydrogens (tertiary/aromatic N) is 1. The molecule has 8 heteroatoms. The van der Waals surface area contributed by atoms with Crippen LogP contribution >= 0.6 is 0 Å². The lowest BCUT2D eigenvalue weighted by Gasteiger charge is -2.40. The van der Waals surface area contributed by atoms with Crippen molar-refractivity contribution in [1.29, 1.82) is 0 Å². The molecule has 5 atom stereocenters. The van der Waals surface area contributed by atoms with Gasteiger partial charge >= 0.3 is 12.1 Å². The Balaban J connectivity index is 2.16. The Labute approximate surface area is 148 Å². The second-order valence-electron chi connectivity index (χ2n) is 7.85. The minimum absolute atomic E-state index is 0.0306. The molecule has 1 amide bonds. The number of aliphatic hydroxyl groups is 2. The number of esters is 1. The van der Waals surface area contributed by atoms with Crippen LogP contribution in [0.3, 0.4) is 0 Å². The van der Waals surface area contributed by atoms with Gasteiger partial charge in [-0.05, 0) is 52.9 Å². The standard InChI is InChI=1S/C17H30N2O6/c1-17(2,3)25-16(23)18-12-9-11(20)7-5-10-6-8-13(15(22)24-4)19(10)14(12)21/h10-14,20-21H,5-9H2,1-4H3,(H,18,23)/t10-,11?,12-,13-,14?/m0/s1. The Morgan fingerprint density at radius 2 is 1.76 bits per heavy atom. The van der Waals surface area contributed by atoms with Gasteiger partial charge in [-0.25, -0.2) is 4.79 Å². The van der Waals surface area contributed by atoms with Gasteiger partial charge < -0.3 is 25.0 Å². The molecule has 2 rings (SSSR count). The highest BCUT2D eigenvalue weighted by Crippen LogP contribution is 2.33. The summed E-state index contributed by atoms with van der Waals surface area (Å²) in [5.74, 6) is -0.390. The molecule has 2 aliphatic rings. The minimum Gasteiger partial charge on any atom is -0.468 e. The molecule has 2 heterocycles. The number of hydrogen-bond donors (Lipinski definition) is 3. The fraction of sp³-hybridized carbons (Fsp3) is 0.882. The van der Waals surface area contributed by atoms with E-state index in [1.807, 2.05) is 0 Å². The lowest BCUT2D eigenvalue weighted by molar-refractivity contribution is -0.154. The maximum atomic E-state index is 12.1. The normalized spacial score (nSPS) is 33.8. The van der Waals surface area contributed by atoms with Gasteiger partial charge in [0.05, 0.1) is 19.3 Å². The van der Waals surface area contributed by atoms with Gasteiger partial charge in [-0.3, -0.25) is 9.69 Å². The number of fused-ring (bicyclic) bond motifs is 1. The first-order valence-electron chi connectivity index (χ1n) is 8.83. The molecule has 3 N–H and O–H groups in total. The maximum absolute atomic E-state index is 12.1. The van der Waals surface area contributed by atoms with Crippen molar-refractivity contribution in [3.05, 3.63) is 0 Å². The van der Waals surface area contributed by atoms with Gasteiger partial charge in [0, 0.05) is 6.04 Å². The summed E-state index contributed by atoms with van der Waals surface area (Å²) >= 11 is 0. The molecule has 0 bridgehead atoms. The zero-order chi connectivity index (χ0) is 18.8. The number of hydrogen-bond acceptors (Lipinski definition) is 7. The van der Waals surface area contributed by atoms with Crippen LogP contribution in [0.5, 0.6) is 0 Å². The molecule has 2 saturated heterocycles. The predicted molar refractivity (Wildman–Crippen MR) is 89.7 cm³/mol. The van der Waals surface area contributed by atoms with Crippen LogP contribution in [0.2, 0.25) is 0 Å². The number of carbonyl (C=O) groups is 2. The summed E-state index contributed by atoms with van der Waals surface area (Å²) in [7, 11) is 1.33. The number of nitrogens with one attached hydrogen (secondary N) is 1. The first-order chi connectivity index (χ1) is 11.6. The van der Waals surface area contributed by atoms with Crippen molar-refractivity contribution in [2.45, 2.75) is 88.9 Å². The Kier molecular flexibility index (Phi) is 6.29. The van der Waals surface area contributed by atoms with Crippen molar-refractivity contribution in [2.75, 3.05) is 7.11 Å². The van der Waals surface area contributed by atoms with E-state index in [0.717, 1.165) is 6.42 Å². The molecular weight excluding hydrogens is 328 g/mol. The third-order valence-electron chi connectivity index (χ3n) is 4.75. The van der Waals surface area contributed by atoms with Crippen LogP contribution in [-0.4, -0.2) is 70.3 Å². The Hall–Kier alpha value is -1.38. The highest BCUT2D eigenvalue weighted by Gasteiger charge is 2.46. The predicted octanol–water partition coefficient (Wildman–Crippen LogP) is 0.749. The van der Waals surface area contributed by atoms with E-state index in [-0.39, 0.29) is 12.5 Å². The third kappa shape index (κ3) is 5.05. The summed E-state index contributed by atoms with van der Waals surface area (Å²) in [6.45, 7) is 5.25. The van der Waals surface area contributed by atoms with Gasteiger partial charge in [0.15, 0.2) is 0 Å². The number of alkyl carbamates (subject to hydrolysis) is 1. The number of rotatable bonds is 2. The van der Waals surface area contributed by atoms with Crippen LogP contribution < -0.4 is 5.32 Å². The SMILES string of the molecule is COC(=O)[C@@H]1CC[C@@H]2CCC(O)C[C@H](NC(=O)OC(C)(C)C)C(O)N21. The molecule has 0 aromatic rings. The van der Waals surface area contributed by atoms with Crippen molar-refractivity contribution in [1.82, 2.24) is 10.2 Å². The van der Waals surface area contributed by atoms with E-state index in [4.69, 9.17) is 9.47 Å². The molecule has 0 saturated carbocycles. The van der Waals surface area contributed by atoms with Crippen LogP contribution in [0, 0.1) is 0 Å². The summed E-state index contributed by atoms with van der Waals surface area (Å²) in [4.78, 5) is 25.9. The maximum Gasteiger partial charge on any atom is 0.408 e. The molecule has 2 fully saturated rings. The number of ether oxygens (including phenoxy) is 2. The minimum atomic E-state index is -1.10. The molecule has 0 spiro atoms. The lowest BCUT2D eigenvalue weighted by atomic mass is 9.96. The van der Waals surface area contributed by atoms with Crippen molar-refractivity contribution >= 4 is 12.1 Å². The van der Waals surface area contributed by atoms with Gasteiger partial charge in [-0.15, -0.1) is 0 Å². The molecule has 0 aromatic carbocycles. The van der Waals surface area contributed by atoms with Gasteiger partial charge in [0.2, 0.25) is 0 Å². The second-order valence-corrected chi connectivity index (χ2v) is 7.85. The largest absolute Gasteiger partial charge is 0.468 e. The van der Waals surface area contributed by atoms with E-state index in [0.29, 0.717) is 19.3 Å². The number of aliphatic hydroxyl groups excluding tert-OH is 2. The Morgan fingerprint density at radius 3 is 2.36 bits per heavy atom. The van der Waals surface area contributed by atoms with Crippen molar-refractivity contribution in [3.8, 4) is 0 Å². The first kappa shape index (κ1) is 19.9. The highest BCUT2D eigenvalue weighted by atomic mass is 16.6. The summed E-state index contributed by atoms with van der Waals surface area (Å²) < 4.78 is 10.1. The summed E-state index contributed by atoms with van der Waals surface area (Å²) in [5, 5.41) is 23.7. The zero-order valence-corrected chi connectivity index (χ0v) is 15.4. The van der Waals surface area contributed by atoms with Crippen LogP contribution in [-0.2, 0) is 14.3 Å². The van der Waals surface area contributed by atoms with Crippen molar-refractivity contribution in [3.63, 3.8) is 0 Å². The van der Waals surface area contributed by atoms with Crippen LogP contribution in [0.1, 0.15) is 52.9 Å². The van der Waals surface area contributed by atoms with E-state index in [2.05, 4.69) is 5.32 Å². The average Bonchev–Trinajstić information content (AvgIpc) is 2.91. The first-order valence-corrected chi connectivity index (χ1v) is 8.83. The molecule has 0 radical (unpaired) electrons. The van der Waals surface area contributed by atoms with E-state index >= 15 is 0 Å². The van der Waals surface area contributed by atoms with E-state index in [1.165, 1.54) is 7.11 Å². The topological polar surface area (TPSA) is 108 Å². The van der Waals surface area contributed by atoms with E-state index in [9.17, 15) is 19.8 Å². The summed E-state index contributed by atoms with van der Waals surface area (Å²) in [6.07, 6.45) is 0.367. The third-order valence-corrected chi connectivity index (χ3v) is 4.75. The summed E-state index contributed by atoms with van der Waals surface area (Å²) in [5.41, 5.74) is -0.667. The molecule has 25 heavy (non-hydrogen) atoms. The fourth-order valence-corrected chi connectivity index (χ4v) is 3.69. The Bertz CT molecular complexity index is 492. The van der Waals surface area contributed by atoms with E-state index < -0.39 is 42.1 Å². The highest BCUT2D eigenvalue weighted by molar-refractivity contribution is 5.76. The van der Waals surface area contributed by atoms with Crippen LogP contribution in [0.4, 0.5) is 4.79 Å². The zero-order valence-electron chi connectivity index (χ0n) is 15.4. The Morgan fingerprint density at radius 1 is 1.12 bits per heavy atom. The summed E-state index contributed by atoms with van der Waals surface area (Å²) in [6, 6.07) is -1.31. The second kappa shape index (κ2) is 7.88. The van der Waals surface area contributed by atoms with Gasteiger partial charge in [-0.2, -0.15) is 0 Å². The van der Waals surface area contributed by atoms with Crippen molar-refractivity contribution < 1.29 is 29.3 Å². The number of amides is 1. The quantitative estimate of drug-likeness (QED) is 0.625. The van der Waals surface area contributed by atoms with Gasteiger partial charge in [0.1, 0.15) is 17.9 Å². The lowest BCUT2D eigenvalue weighted by Crippen LogP contribution is -2.59. The fourth-order valence-electron chi connectivity index (χ4n) is 3.69.